The van der Waals surface area contributed by atoms with Gasteiger partial charge in [-0.1, -0.05) is 245 Å². The minimum Gasteiger partial charge on any atom is -0.488 e. The number of hydrogen-bond acceptors (Lipinski definition) is 4. The third kappa shape index (κ3) is 6.90. The van der Waals surface area contributed by atoms with Crippen LogP contribution in [0.5, 0.6) is 5.75 Å². The van der Waals surface area contributed by atoms with Gasteiger partial charge in [0.15, 0.2) is 0 Å². The minimum absolute atomic E-state index is 0.261. The monoisotopic (exact) mass is 1260 g/mol. The molecular formula is C94H71NO3. The van der Waals surface area contributed by atoms with Crippen LogP contribution in [-0.2, 0) is 33.7 Å². The fourth-order valence-corrected chi connectivity index (χ4v) is 20.0. The highest BCUT2D eigenvalue weighted by molar-refractivity contribution is 6.22. The number of anilines is 3. The first-order valence-corrected chi connectivity index (χ1v) is 35.0. The Labute approximate surface area is 571 Å². The van der Waals surface area contributed by atoms with Crippen LogP contribution >= 0.6 is 0 Å². The van der Waals surface area contributed by atoms with Gasteiger partial charge < -0.3 is 18.5 Å². The molecule has 0 spiro atoms. The van der Waals surface area contributed by atoms with Crippen LogP contribution < -0.4 is 9.64 Å². The molecular weight excluding hydrogens is 1190 g/mol. The third-order valence-electron chi connectivity index (χ3n) is 24.4. The van der Waals surface area contributed by atoms with E-state index in [1.165, 1.54) is 150 Å². The first-order chi connectivity index (χ1) is 47.4. The second kappa shape index (κ2) is 18.8. The average Bonchev–Trinajstić information content (AvgIpc) is 1.51. The molecule has 15 aromatic rings. The van der Waals surface area contributed by atoms with Gasteiger partial charge in [-0.2, -0.15) is 0 Å². The average molecular weight is 1260 g/mol. The number of hydrogen-bond donors (Lipinski definition) is 0. The summed E-state index contributed by atoms with van der Waals surface area (Å²) < 4.78 is 21.1. The van der Waals surface area contributed by atoms with Gasteiger partial charge in [-0.3, -0.25) is 0 Å². The zero-order chi connectivity index (χ0) is 66.0. The van der Waals surface area contributed by atoms with Gasteiger partial charge in [-0.15, -0.1) is 0 Å². The molecule has 0 saturated carbocycles. The molecule has 0 amide bonds. The summed E-state index contributed by atoms with van der Waals surface area (Å²) in [6, 6.07) is 88.7. The number of para-hydroxylation sites is 3. The standard InChI is InChI=1S/C94H71NO3/c1-90(2)69-46-52(41-44-60(69)78-72(90)49-65(88-81(78)63-33-19-24-38-74(63)97-88)56-29-15-14-28-55(56)51-26-12-11-13-27-51)95(54-42-45-61-71(48-54)94(9,10)86-80(61)82-64-34-20-25-39-75(64)98-89(82)83-58-31-17-22-36-68(58)92(5,6)87(83)86)53-40-43-59-70(47-53)93(7,8)84-77(59)66-50-96-73-37-23-18-32-62(73)76(66)79-57-30-16-21-35-67(57)91(3,4)85(79)84/h11-49H,50H2,1-10H3. The van der Waals surface area contributed by atoms with E-state index in [9.17, 15) is 0 Å². The van der Waals surface area contributed by atoms with Crippen molar-refractivity contribution in [1.29, 1.82) is 0 Å². The summed E-state index contributed by atoms with van der Waals surface area (Å²) in [6.45, 7) is 25.1. The first kappa shape index (κ1) is 56.3. The van der Waals surface area contributed by atoms with Gasteiger partial charge >= 0.3 is 0 Å². The zero-order valence-electron chi connectivity index (χ0n) is 56.9. The van der Waals surface area contributed by atoms with E-state index in [2.05, 4.69) is 311 Å². The molecule has 0 atom stereocenters. The number of fused-ring (bicyclic) bond motifs is 31. The van der Waals surface area contributed by atoms with Crippen LogP contribution in [0.15, 0.2) is 245 Å². The molecule has 6 aliphatic rings. The second-order valence-corrected chi connectivity index (χ2v) is 31.2. The number of ether oxygens (including phenoxy) is 1. The normalized spacial score (nSPS) is 16.3. The highest BCUT2D eigenvalue weighted by atomic mass is 16.5. The molecule has 470 valence electrons. The molecule has 1 aliphatic heterocycles. The van der Waals surface area contributed by atoms with Crippen molar-refractivity contribution in [3.05, 3.63) is 298 Å². The Balaban J connectivity index is 0.805. The molecule has 4 nitrogen and oxygen atoms in total. The van der Waals surface area contributed by atoms with Crippen LogP contribution in [0, 0.1) is 0 Å². The summed E-state index contributed by atoms with van der Waals surface area (Å²) in [6.07, 6.45) is 0. The maximum Gasteiger partial charge on any atom is 0.144 e. The fraction of sp³-hybridized carbons (Fsp3) is 0.170. The van der Waals surface area contributed by atoms with Gasteiger partial charge in [0, 0.05) is 93.5 Å². The minimum atomic E-state index is -0.424. The SMILES string of the molecule is CC1(C)c2cc(N(c3ccc4c(c3)C(C)(C)c3c-4c4c(c5c3C(C)(C)c3ccccc3-5)-c3ccccc3OC4)c3ccc4c(c3)C(C)(C)c3c5c(c6oc7ccccc7c6c3-4)-c3ccccc3C5(C)C)ccc2-c2c1cc(-c1ccccc1-c1ccccc1)c1oc3ccccc3c21. The molecule has 0 N–H and O–H groups in total. The maximum atomic E-state index is 7.16. The van der Waals surface area contributed by atoms with Crippen molar-refractivity contribution in [2.45, 2.75) is 103 Å². The van der Waals surface area contributed by atoms with Gasteiger partial charge in [0.05, 0.1) is 0 Å². The van der Waals surface area contributed by atoms with Crippen molar-refractivity contribution in [3.8, 4) is 94.8 Å². The van der Waals surface area contributed by atoms with E-state index in [0.717, 1.165) is 67.0 Å². The molecule has 3 heterocycles. The molecule has 0 radical (unpaired) electrons. The summed E-state index contributed by atoms with van der Waals surface area (Å²) in [5.41, 5.74) is 40.1. The van der Waals surface area contributed by atoms with Crippen molar-refractivity contribution in [2.24, 2.45) is 0 Å². The van der Waals surface area contributed by atoms with E-state index in [-0.39, 0.29) is 10.8 Å². The van der Waals surface area contributed by atoms with Crippen molar-refractivity contribution in [3.63, 3.8) is 0 Å². The molecule has 98 heavy (non-hydrogen) atoms. The van der Waals surface area contributed by atoms with Crippen LogP contribution in [0.25, 0.3) is 133 Å². The van der Waals surface area contributed by atoms with Crippen molar-refractivity contribution in [1.82, 2.24) is 0 Å². The molecule has 4 heteroatoms. The Bertz CT molecular complexity index is 6150. The summed E-state index contributed by atoms with van der Waals surface area (Å²) in [7, 11) is 0. The molecule has 0 unspecified atom stereocenters. The van der Waals surface area contributed by atoms with Crippen LogP contribution in [0.4, 0.5) is 17.1 Å². The van der Waals surface area contributed by atoms with Gasteiger partial charge in [-0.05, 0) is 183 Å². The Morgan fingerprint density at radius 3 is 1.34 bits per heavy atom. The summed E-state index contributed by atoms with van der Waals surface area (Å²) in [4.78, 5) is 2.59. The lowest BCUT2D eigenvalue weighted by Crippen LogP contribution is -2.25. The van der Waals surface area contributed by atoms with Crippen LogP contribution in [0.2, 0.25) is 0 Å². The maximum absolute atomic E-state index is 7.16. The Morgan fingerprint density at radius 2 is 0.714 bits per heavy atom. The molecule has 2 aromatic heterocycles. The van der Waals surface area contributed by atoms with E-state index in [1.54, 1.807) is 0 Å². The second-order valence-electron chi connectivity index (χ2n) is 31.2. The molecule has 5 aliphatic carbocycles. The lowest BCUT2D eigenvalue weighted by Gasteiger charge is -2.34. The lowest BCUT2D eigenvalue weighted by molar-refractivity contribution is 0.303. The summed E-state index contributed by atoms with van der Waals surface area (Å²) in [5, 5.41) is 4.66. The van der Waals surface area contributed by atoms with Crippen molar-refractivity contribution in [2.75, 3.05) is 4.90 Å². The Morgan fingerprint density at radius 1 is 0.286 bits per heavy atom. The van der Waals surface area contributed by atoms with Crippen LogP contribution in [-0.4, -0.2) is 0 Å². The predicted octanol–water partition coefficient (Wildman–Crippen LogP) is 25.4. The zero-order valence-corrected chi connectivity index (χ0v) is 56.9. The number of furan rings is 2. The predicted molar refractivity (Wildman–Crippen MR) is 404 cm³/mol. The molecule has 0 fully saturated rings. The fourth-order valence-electron chi connectivity index (χ4n) is 20.0. The first-order valence-electron chi connectivity index (χ1n) is 35.0. The van der Waals surface area contributed by atoms with Gasteiger partial charge in [0.25, 0.3) is 0 Å². The molecule has 0 saturated heterocycles. The third-order valence-corrected chi connectivity index (χ3v) is 24.4. The van der Waals surface area contributed by atoms with Gasteiger partial charge in [-0.25, -0.2) is 0 Å². The number of benzene rings is 13. The van der Waals surface area contributed by atoms with Gasteiger partial charge in [0.1, 0.15) is 34.7 Å². The largest absolute Gasteiger partial charge is 0.488 e. The Hall–Kier alpha value is -10.9. The summed E-state index contributed by atoms with van der Waals surface area (Å²) >= 11 is 0. The van der Waals surface area contributed by atoms with E-state index in [1.807, 2.05) is 0 Å². The van der Waals surface area contributed by atoms with E-state index < -0.39 is 16.2 Å². The van der Waals surface area contributed by atoms with E-state index >= 15 is 0 Å². The van der Waals surface area contributed by atoms with Crippen LogP contribution in [0.3, 0.4) is 0 Å². The Kier molecular flexibility index (Phi) is 10.8. The topological polar surface area (TPSA) is 38.8 Å². The molecule has 0 bridgehead atoms. The van der Waals surface area contributed by atoms with E-state index in [4.69, 9.17) is 13.6 Å². The van der Waals surface area contributed by atoms with Crippen LogP contribution in [0.1, 0.15) is 130 Å². The number of nitrogens with zero attached hydrogens (tertiary/aromatic N) is 1. The summed E-state index contributed by atoms with van der Waals surface area (Å²) in [5.74, 6) is 0.950. The number of rotatable bonds is 5. The quantitative estimate of drug-likeness (QED) is 0.172. The van der Waals surface area contributed by atoms with E-state index in [0.29, 0.717) is 6.61 Å². The van der Waals surface area contributed by atoms with Crippen molar-refractivity contribution < 1.29 is 13.6 Å². The molecule has 21 rings (SSSR count). The smallest absolute Gasteiger partial charge is 0.144 e. The highest BCUT2D eigenvalue weighted by Crippen LogP contribution is 2.67. The highest BCUT2D eigenvalue weighted by Gasteiger charge is 2.52. The molecule has 13 aromatic carbocycles. The van der Waals surface area contributed by atoms with Crippen molar-refractivity contribution >= 4 is 60.9 Å². The lowest BCUT2D eigenvalue weighted by atomic mass is 9.70. The van der Waals surface area contributed by atoms with Gasteiger partial charge in [0.2, 0.25) is 0 Å².